The van der Waals surface area contributed by atoms with Crippen LogP contribution in [0.5, 0.6) is 5.75 Å². The number of pyridine rings is 1. The van der Waals surface area contributed by atoms with Crippen LogP contribution in [0.2, 0.25) is 0 Å². The summed E-state index contributed by atoms with van der Waals surface area (Å²) in [5, 5.41) is 20.8. The van der Waals surface area contributed by atoms with E-state index in [0.717, 1.165) is 18.3 Å². The molecule has 7 heteroatoms. The lowest BCUT2D eigenvalue weighted by molar-refractivity contribution is -0.577. The van der Waals surface area contributed by atoms with Crippen molar-refractivity contribution >= 4 is 21.0 Å². The van der Waals surface area contributed by atoms with Gasteiger partial charge in [-0.3, -0.25) is 4.55 Å². The van der Waals surface area contributed by atoms with Crippen molar-refractivity contribution in [1.29, 1.82) is 0 Å². The number of aromatic nitrogens is 1. The fourth-order valence-corrected chi connectivity index (χ4v) is 2.17. The average molecular weight is 241 g/mol. The van der Waals surface area contributed by atoms with Crippen LogP contribution < -0.4 is 4.73 Å². The molecule has 0 aliphatic rings. The van der Waals surface area contributed by atoms with E-state index in [1.165, 1.54) is 12.1 Å². The Morgan fingerprint density at radius 2 is 1.94 bits per heavy atom. The van der Waals surface area contributed by atoms with Gasteiger partial charge in [-0.25, -0.2) is 0 Å². The van der Waals surface area contributed by atoms with Crippen molar-refractivity contribution in [3.63, 3.8) is 0 Å². The van der Waals surface area contributed by atoms with Gasteiger partial charge in [0.15, 0.2) is 11.9 Å². The second kappa shape index (κ2) is 3.32. The number of fused-ring (bicyclic) bond motifs is 1. The van der Waals surface area contributed by atoms with Gasteiger partial charge >= 0.3 is 0 Å². The Labute approximate surface area is 90.7 Å². The van der Waals surface area contributed by atoms with Crippen molar-refractivity contribution in [2.75, 3.05) is 0 Å². The number of hydrogen-bond donors (Lipinski definition) is 2. The fourth-order valence-electron chi connectivity index (χ4n) is 1.49. The third-order valence-corrected chi connectivity index (χ3v) is 3.05. The van der Waals surface area contributed by atoms with E-state index in [1.807, 2.05) is 0 Å². The maximum Gasteiger partial charge on any atom is 0.295 e. The molecule has 0 bridgehead atoms. The number of rotatable bonds is 1. The van der Waals surface area contributed by atoms with Crippen LogP contribution in [-0.2, 0) is 10.1 Å². The number of phenolic OH excluding ortho intramolecular Hbond substituents is 1. The van der Waals surface area contributed by atoms with Crippen molar-refractivity contribution < 1.29 is 22.8 Å². The Morgan fingerprint density at radius 3 is 2.56 bits per heavy atom. The number of hydrogen-bond acceptors (Lipinski definition) is 4. The Kier molecular flexibility index (Phi) is 2.21. The molecule has 0 aliphatic carbocycles. The summed E-state index contributed by atoms with van der Waals surface area (Å²) < 4.78 is 31.3. The molecule has 0 saturated heterocycles. The molecular formula is C9H7NO5S. The molecule has 1 aromatic carbocycles. The molecule has 0 radical (unpaired) electrons. The molecule has 0 unspecified atom stereocenters. The molecule has 84 valence electrons. The van der Waals surface area contributed by atoms with Gasteiger partial charge in [0, 0.05) is 6.07 Å². The van der Waals surface area contributed by atoms with Crippen LogP contribution in [0.25, 0.3) is 10.9 Å². The first-order valence-electron chi connectivity index (χ1n) is 4.22. The zero-order valence-corrected chi connectivity index (χ0v) is 8.68. The van der Waals surface area contributed by atoms with Gasteiger partial charge in [-0.2, -0.15) is 13.1 Å². The van der Waals surface area contributed by atoms with Crippen LogP contribution in [0, 0.1) is 5.21 Å². The Bertz CT molecular complexity index is 657. The molecule has 0 amide bonds. The normalized spacial score (nSPS) is 11.8. The van der Waals surface area contributed by atoms with Gasteiger partial charge in [0.1, 0.15) is 4.90 Å². The summed E-state index contributed by atoms with van der Waals surface area (Å²) >= 11 is 0. The third-order valence-electron chi connectivity index (χ3n) is 2.14. The largest absolute Gasteiger partial charge is 0.618 e. The lowest BCUT2D eigenvalue weighted by Gasteiger charge is -2.05. The molecule has 0 spiro atoms. The monoisotopic (exact) mass is 241 g/mol. The fraction of sp³-hybridized carbons (Fsp3) is 0. The van der Waals surface area contributed by atoms with E-state index in [2.05, 4.69) is 0 Å². The second-order valence-corrected chi connectivity index (χ2v) is 4.54. The van der Waals surface area contributed by atoms with E-state index in [9.17, 15) is 18.7 Å². The van der Waals surface area contributed by atoms with Gasteiger partial charge in [-0.1, -0.05) is 0 Å². The number of aromatic hydroxyl groups is 1. The molecule has 0 aliphatic heterocycles. The van der Waals surface area contributed by atoms with E-state index < -0.39 is 15.0 Å². The molecule has 2 N–H and O–H groups in total. The SMILES string of the molecule is O=S(=O)(O)c1ccc(O)c2c1ccc[n+]2[O-]. The van der Waals surface area contributed by atoms with Crippen LogP contribution in [-0.4, -0.2) is 18.1 Å². The first kappa shape index (κ1) is 10.7. The Balaban J connectivity index is 3.02. The molecule has 0 atom stereocenters. The highest BCUT2D eigenvalue weighted by Gasteiger charge is 2.20. The molecule has 6 nitrogen and oxygen atoms in total. The maximum atomic E-state index is 11.4. The van der Waals surface area contributed by atoms with Gasteiger partial charge in [-0.05, 0) is 18.2 Å². The topological polar surface area (TPSA) is 102 Å². The van der Waals surface area contributed by atoms with E-state index in [0.29, 0.717) is 4.73 Å². The molecule has 0 fully saturated rings. The number of phenols is 1. The van der Waals surface area contributed by atoms with E-state index in [4.69, 9.17) is 4.55 Å². The average Bonchev–Trinajstić information content (AvgIpc) is 2.16. The smallest absolute Gasteiger partial charge is 0.295 e. The number of nitrogens with zero attached hydrogens (tertiary/aromatic N) is 1. The lowest BCUT2D eigenvalue weighted by atomic mass is 10.2. The van der Waals surface area contributed by atoms with Gasteiger partial charge in [0.2, 0.25) is 0 Å². The highest BCUT2D eigenvalue weighted by Crippen LogP contribution is 2.27. The summed E-state index contributed by atoms with van der Waals surface area (Å²) in [7, 11) is -4.43. The van der Waals surface area contributed by atoms with Crippen LogP contribution >= 0.6 is 0 Å². The summed E-state index contributed by atoms with van der Waals surface area (Å²) in [4.78, 5) is -0.412. The van der Waals surface area contributed by atoms with E-state index in [1.54, 1.807) is 0 Å². The molecular weight excluding hydrogens is 234 g/mol. The molecule has 1 aromatic heterocycles. The predicted octanol–water partition coefficient (Wildman–Crippen LogP) is 0.426. The van der Waals surface area contributed by atoms with Crippen molar-refractivity contribution in [2.24, 2.45) is 0 Å². The van der Waals surface area contributed by atoms with E-state index in [-0.39, 0.29) is 16.7 Å². The van der Waals surface area contributed by atoms with Gasteiger partial charge in [0.25, 0.3) is 15.6 Å². The maximum absolute atomic E-state index is 11.4. The van der Waals surface area contributed by atoms with E-state index >= 15 is 0 Å². The summed E-state index contributed by atoms with van der Waals surface area (Å²) in [6, 6.07) is 4.73. The second-order valence-electron chi connectivity index (χ2n) is 3.15. The zero-order valence-electron chi connectivity index (χ0n) is 7.86. The molecule has 0 saturated carbocycles. The van der Waals surface area contributed by atoms with Crippen LogP contribution in [0.15, 0.2) is 35.4 Å². The van der Waals surface area contributed by atoms with Crippen molar-refractivity contribution in [3.8, 4) is 5.75 Å². The summed E-state index contributed by atoms with van der Waals surface area (Å²) in [5.74, 6) is -0.349. The molecule has 2 aromatic rings. The van der Waals surface area contributed by atoms with Crippen LogP contribution in [0.1, 0.15) is 0 Å². The summed E-state index contributed by atoms with van der Waals surface area (Å²) in [6.45, 7) is 0. The molecule has 2 rings (SSSR count). The predicted molar refractivity (Wildman–Crippen MR) is 54.4 cm³/mol. The third kappa shape index (κ3) is 1.55. The quantitative estimate of drug-likeness (QED) is 0.428. The minimum absolute atomic E-state index is 0.0278. The zero-order chi connectivity index (χ0) is 11.9. The van der Waals surface area contributed by atoms with Crippen LogP contribution in [0.3, 0.4) is 0 Å². The van der Waals surface area contributed by atoms with Crippen molar-refractivity contribution in [1.82, 2.24) is 0 Å². The highest BCUT2D eigenvalue weighted by atomic mass is 32.2. The standard InChI is InChI=1S/C9H7NO5S/c11-7-3-4-8(16(13,14)15)6-2-1-5-10(12)9(6)7/h1-5,11H,(H,13,14,15). The van der Waals surface area contributed by atoms with Gasteiger partial charge in [-0.15, -0.1) is 0 Å². The van der Waals surface area contributed by atoms with Crippen molar-refractivity contribution in [3.05, 3.63) is 35.7 Å². The first-order valence-corrected chi connectivity index (χ1v) is 5.66. The van der Waals surface area contributed by atoms with Crippen LogP contribution in [0.4, 0.5) is 0 Å². The van der Waals surface area contributed by atoms with Crippen molar-refractivity contribution in [2.45, 2.75) is 4.90 Å². The van der Waals surface area contributed by atoms with Gasteiger partial charge in [0.05, 0.1) is 5.39 Å². The minimum Gasteiger partial charge on any atom is -0.618 e. The Hall–Kier alpha value is -1.86. The minimum atomic E-state index is -4.43. The lowest BCUT2D eigenvalue weighted by Crippen LogP contribution is -2.26. The van der Waals surface area contributed by atoms with Gasteiger partial charge < -0.3 is 10.3 Å². The molecule has 1 heterocycles. The molecule has 16 heavy (non-hydrogen) atoms. The number of benzene rings is 1. The Morgan fingerprint density at radius 1 is 1.25 bits per heavy atom. The summed E-state index contributed by atoms with van der Waals surface area (Å²) in [6.07, 6.45) is 1.12. The summed E-state index contributed by atoms with van der Waals surface area (Å²) in [5.41, 5.74) is -0.197. The highest BCUT2D eigenvalue weighted by molar-refractivity contribution is 7.86. The first-order chi connectivity index (χ1) is 7.41.